The molecule has 9 rings (SSSR count). The summed E-state index contributed by atoms with van der Waals surface area (Å²) in [7, 11) is 0. The fraction of sp³-hybridized carbons (Fsp3) is 0. The third-order valence-electron chi connectivity index (χ3n) is 8.13. The van der Waals surface area contributed by atoms with Gasteiger partial charge < -0.3 is 8.83 Å². The van der Waals surface area contributed by atoms with Crippen LogP contribution in [0.1, 0.15) is 0 Å². The van der Waals surface area contributed by atoms with Gasteiger partial charge in [0.1, 0.15) is 22.3 Å². The quantitative estimate of drug-likeness (QED) is 0.202. The smallest absolute Gasteiger partial charge is 0.238 e. The van der Waals surface area contributed by atoms with E-state index in [1.165, 1.54) is 0 Å². The highest BCUT2D eigenvalue weighted by molar-refractivity contribution is 6.13. The fourth-order valence-corrected chi connectivity index (χ4v) is 6.06. The Balaban J connectivity index is 1.32. The van der Waals surface area contributed by atoms with Crippen molar-refractivity contribution in [2.45, 2.75) is 0 Å². The largest absolute Gasteiger partial charge is 0.456 e. The Hall–Kier alpha value is -6.27. The summed E-state index contributed by atoms with van der Waals surface area (Å²) in [4.78, 5) is 17.4. The lowest BCUT2D eigenvalue weighted by Gasteiger charge is -2.24. The van der Waals surface area contributed by atoms with Crippen molar-refractivity contribution in [3.05, 3.63) is 146 Å². The van der Waals surface area contributed by atoms with Gasteiger partial charge in [0.2, 0.25) is 5.95 Å². The van der Waals surface area contributed by atoms with Gasteiger partial charge in [0.05, 0.1) is 11.1 Å². The van der Waals surface area contributed by atoms with Gasteiger partial charge >= 0.3 is 0 Å². The summed E-state index contributed by atoms with van der Waals surface area (Å²) < 4.78 is 12.4. The molecule has 0 bridgehead atoms. The van der Waals surface area contributed by atoms with Gasteiger partial charge in [-0.1, -0.05) is 91.0 Å². The molecule has 6 nitrogen and oxygen atoms in total. The first-order valence-electron chi connectivity index (χ1n) is 14.8. The molecule has 212 valence electrons. The summed E-state index contributed by atoms with van der Waals surface area (Å²) in [5, 5.41) is 4.09. The maximum Gasteiger partial charge on any atom is 0.238 e. The third-order valence-corrected chi connectivity index (χ3v) is 8.13. The van der Waals surface area contributed by atoms with Crippen LogP contribution in [0.15, 0.2) is 154 Å². The maximum absolute atomic E-state index is 6.28. The zero-order valence-corrected chi connectivity index (χ0v) is 24.0. The molecule has 0 amide bonds. The maximum atomic E-state index is 6.28. The summed E-state index contributed by atoms with van der Waals surface area (Å²) >= 11 is 0. The van der Waals surface area contributed by atoms with E-state index in [2.05, 4.69) is 41.3 Å². The van der Waals surface area contributed by atoms with Crippen molar-refractivity contribution in [3.8, 4) is 22.8 Å². The molecule has 0 atom stereocenters. The Labute approximate surface area is 257 Å². The average Bonchev–Trinajstić information content (AvgIpc) is 3.68. The molecule has 0 radical (unpaired) electrons. The van der Waals surface area contributed by atoms with Gasteiger partial charge in [-0.2, -0.15) is 9.97 Å². The van der Waals surface area contributed by atoms with E-state index in [0.717, 1.165) is 66.4 Å². The van der Waals surface area contributed by atoms with Crippen LogP contribution in [0.2, 0.25) is 0 Å². The van der Waals surface area contributed by atoms with Crippen LogP contribution in [0.5, 0.6) is 0 Å². The van der Waals surface area contributed by atoms with E-state index >= 15 is 0 Å². The molecule has 0 saturated heterocycles. The third kappa shape index (κ3) is 4.23. The first kappa shape index (κ1) is 25.2. The number of rotatable bonds is 5. The van der Waals surface area contributed by atoms with Crippen LogP contribution in [0.3, 0.4) is 0 Å². The number of anilines is 3. The number of fused-ring (bicyclic) bond motifs is 6. The molecule has 0 unspecified atom stereocenters. The number of furan rings is 2. The SMILES string of the molecule is c1ccc(-c2nc(-c3ccc4oc5ccccc5c4c3)nc(N(c3ccccc3)c3cccc4oc5ccccc5c34)n2)cc1. The minimum absolute atomic E-state index is 0.500. The van der Waals surface area contributed by atoms with E-state index < -0.39 is 0 Å². The molecule has 6 heteroatoms. The van der Waals surface area contributed by atoms with Gasteiger partial charge in [0, 0.05) is 33.0 Å². The summed E-state index contributed by atoms with van der Waals surface area (Å²) in [6.45, 7) is 0. The molecule has 6 aromatic carbocycles. The number of hydrogen-bond donors (Lipinski definition) is 0. The summed E-state index contributed by atoms with van der Waals surface area (Å²) in [6.07, 6.45) is 0. The van der Waals surface area contributed by atoms with Crippen molar-refractivity contribution in [2.24, 2.45) is 0 Å². The van der Waals surface area contributed by atoms with Gasteiger partial charge in [-0.15, -0.1) is 0 Å². The highest BCUT2D eigenvalue weighted by atomic mass is 16.3. The second-order valence-electron chi connectivity index (χ2n) is 10.9. The lowest BCUT2D eigenvalue weighted by molar-refractivity contribution is 0.668. The van der Waals surface area contributed by atoms with Gasteiger partial charge in [-0.25, -0.2) is 4.98 Å². The summed E-state index contributed by atoms with van der Waals surface area (Å²) in [6, 6.07) is 48.6. The Kier molecular flexibility index (Phi) is 5.71. The number of para-hydroxylation sites is 3. The van der Waals surface area contributed by atoms with E-state index in [1.54, 1.807) is 0 Å². The Morgan fingerprint density at radius 3 is 1.82 bits per heavy atom. The second-order valence-corrected chi connectivity index (χ2v) is 10.9. The number of benzene rings is 6. The monoisotopic (exact) mass is 580 g/mol. The zero-order valence-electron chi connectivity index (χ0n) is 24.0. The molecule has 3 heterocycles. The molecule has 0 aliphatic rings. The molecule has 3 aromatic heterocycles. The highest BCUT2D eigenvalue weighted by Gasteiger charge is 2.23. The molecule has 0 saturated carbocycles. The molecule has 9 aromatic rings. The van der Waals surface area contributed by atoms with E-state index in [9.17, 15) is 0 Å². The molecular formula is C39H24N4O2. The number of hydrogen-bond acceptors (Lipinski definition) is 6. The van der Waals surface area contributed by atoms with E-state index in [1.807, 2.05) is 109 Å². The average molecular weight is 581 g/mol. The van der Waals surface area contributed by atoms with Crippen molar-refractivity contribution >= 4 is 61.2 Å². The van der Waals surface area contributed by atoms with Gasteiger partial charge in [-0.05, 0) is 54.6 Å². The highest BCUT2D eigenvalue weighted by Crippen LogP contribution is 2.42. The second kappa shape index (κ2) is 10.2. The van der Waals surface area contributed by atoms with E-state index in [-0.39, 0.29) is 0 Å². The van der Waals surface area contributed by atoms with Gasteiger partial charge in [0.25, 0.3) is 0 Å². The standard InChI is InChI=1S/C39H24N4O2/c1-3-12-25(13-4-1)37-40-38(26-22-23-34-30(24-26)28-16-7-9-19-32(28)44-34)42-39(41-37)43(27-14-5-2-6-15-27)31-18-11-21-35-36(31)29-17-8-10-20-33(29)45-35/h1-24H. The van der Waals surface area contributed by atoms with Crippen LogP contribution in [-0.4, -0.2) is 15.0 Å². The Bertz CT molecular complexity index is 2500. The fourth-order valence-electron chi connectivity index (χ4n) is 6.06. The predicted octanol–water partition coefficient (Wildman–Crippen LogP) is 10.5. The minimum atomic E-state index is 0.500. The van der Waals surface area contributed by atoms with Crippen LogP contribution in [0.25, 0.3) is 66.7 Å². The molecule has 0 aliphatic heterocycles. The van der Waals surface area contributed by atoms with Crippen molar-refractivity contribution in [2.75, 3.05) is 4.90 Å². The van der Waals surface area contributed by atoms with E-state index in [0.29, 0.717) is 17.6 Å². The molecule has 0 fully saturated rings. The number of nitrogens with zero attached hydrogens (tertiary/aromatic N) is 4. The minimum Gasteiger partial charge on any atom is -0.456 e. The first-order chi connectivity index (χ1) is 22.3. The lowest BCUT2D eigenvalue weighted by atomic mass is 10.1. The van der Waals surface area contributed by atoms with Crippen molar-refractivity contribution in [1.29, 1.82) is 0 Å². The molecule has 45 heavy (non-hydrogen) atoms. The van der Waals surface area contributed by atoms with Crippen LogP contribution >= 0.6 is 0 Å². The van der Waals surface area contributed by atoms with Crippen LogP contribution in [-0.2, 0) is 0 Å². The predicted molar refractivity (Wildman–Crippen MR) is 180 cm³/mol. The summed E-state index contributed by atoms with van der Waals surface area (Å²) in [5.41, 5.74) is 6.90. The molecule has 0 spiro atoms. The van der Waals surface area contributed by atoms with Crippen LogP contribution in [0.4, 0.5) is 17.3 Å². The topological polar surface area (TPSA) is 68.2 Å². The number of aromatic nitrogens is 3. The van der Waals surface area contributed by atoms with E-state index in [4.69, 9.17) is 23.8 Å². The Morgan fingerprint density at radius 1 is 0.422 bits per heavy atom. The zero-order chi connectivity index (χ0) is 29.7. The molecular weight excluding hydrogens is 556 g/mol. The van der Waals surface area contributed by atoms with Gasteiger partial charge in [-0.3, -0.25) is 4.90 Å². The van der Waals surface area contributed by atoms with Crippen LogP contribution < -0.4 is 4.90 Å². The van der Waals surface area contributed by atoms with Crippen molar-refractivity contribution < 1.29 is 8.83 Å². The van der Waals surface area contributed by atoms with Crippen molar-refractivity contribution in [3.63, 3.8) is 0 Å². The molecule has 0 aliphatic carbocycles. The normalized spacial score (nSPS) is 11.6. The Morgan fingerprint density at radius 2 is 1.02 bits per heavy atom. The van der Waals surface area contributed by atoms with Crippen LogP contribution in [0, 0.1) is 0 Å². The lowest BCUT2D eigenvalue weighted by Crippen LogP contribution is -2.15. The molecule has 0 N–H and O–H groups in total. The summed E-state index contributed by atoms with van der Waals surface area (Å²) in [5.74, 6) is 1.65. The van der Waals surface area contributed by atoms with Crippen molar-refractivity contribution in [1.82, 2.24) is 15.0 Å². The first-order valence-corrected chi connectivity index (χ1v) is 14.8. The van der Waals surface area contributed by atoms with Gasteiger partial charge in [0.15, 0.2) is 11.6 Å².